The molecule has 0 bridgehead atoms. The number of carbonyl (C=O) groups excluding carboxylic acids is 1. The number of amides is 2. The molecule has 1 aliphatic rings. The number of primary amides is 1. The van der Waals surface area contributed by atoms with Gasteiger partial charge >= 0.3 is 6.03 Å². The van der Waals surface area contributed by atoms with Crippen molar-refractivity contribution in [1.82, 2.24) is 4.98 Å². The quantitative estimate of drug-likeness (QED) is 0.724. The zero-order chi connectivity index (χ0) is 9.42. The average molecular weight is 259 g/mol. The van der Waals surface area contributed by atoms with Crippen LogP contribution in [-0.4, -0.2) is 11.0 Å². The first-order chi connectivity index (χ1) is 6.18. The van der Waals surface area contributed by atoms with Gasteiger partial charge in [-0.2, -0.15) is 0 Å². The number of urea groups is 1. The molecule has 0 saturated carbocycles. The SMILES string of the molecule is NC(=O)N1[CH]Sc2nc(Br)ccc21. The van der Waals surface area contributed by atoms with Gasteiger partial charge in [0.2, 0.25) is 0 Å². The summed E-state index contributed by atoms with van der Waals surface area (Å²) in [4.78, 5) is 16.5. The minimum Gasteiger partial charge on any atom is -0.351 e. The average Bonchev–Trinajstić information content (AvgIpc) is 2.46. The van der Waals surface area contributed by atoms with Gasteiger partial charge in [-0.15, -0.1) is 0 Å². The first-order valence-corrected chi connectivity index (χ1v) is 5.11. The number of fused-ring (bicyclic) bond motifs is 1. The molecule has 1 radical (unpaired) electrons. The van der Waals surface area contributed by atoms with Gasteiger partial charge in [0.05, 0.1) is 5.69 Å². The Morgan fingerprint density at radius 3 is 3.08 bits per heavy atom. The summed E-state index contributed by atoms with van der Waals surface area (Å²) in [7, 11) is 0. The summed E-state index contributed by atoms with van der Waals surface area (Å²) >= 11 is 4.63. The summed E-state index contributed by atoms with van der Waals surface area (Å²) in [5, 5.41) is 0.785. The molecule has 2 rings (SSSR count). The Hall–Kier alpha value is -0.750. The lowest BCUT2D eigenvalue weighted by Crippen LogP contribution is -2.30. The highest BCUT2D eigenvalue weighted by Crippen LogP contribution is 2.40. The van der Waals surface area contributed by atoms with Crippen molar-refractivity contribution in [3.63, 3.8) is 0 Å². The maximum atomic E-state index is 10.9. The second-order valence-corrected chi connectivity index (χ2v) is 4.04. The normalized spacial score (nSPS) is 14.4. The van der Waals surface area contributed by atoms with E-state index in [0.29, 0.717) is 0 Å². The van der Waals surface area contributed by atoms with E-state index in [1.54, 1.807) is 18.0 Å². The molecule has 0 unspecified atom stereocenters. The van der Waals surface area contributed by atoms with Gasteiger partial charge in [0, 0.05) is 0 Å². The third-order valence-electron chi connectivity index (χ3n) is 1.57. The molecule has 0 atom stereocenters. The third-order valence-corrected chi connectivity index (χ3v) is 2.85. The smallest absolute Gasteiger partial charge is 0.320 e. The van der Waals surface area contributed by atoms with Crippen molar-refractivity contribution < 1.29 is 4.79 Å². The molecule has 67 valence electrons. The summed E-state index contributed by atoms with van der Waals surface area (Å²) in [5.41, 5.74) is 5.89. The lowest BCUT2D eigenvalue weighted by atomic mass is 10.4. The van der Waals surface area contributed by atoms with Crippen molar-refractivity contribution in [3.05, 3.63) is 22.6 Å². The van der Waals surface area contributed by atoms with E-state index in [9.17, 15) is 4.79 Å². The van der Waals surface area contributed by atoms with Gasteiger partial charge in [-0.3, -0.25) is 4.90 Å². The number of hydrogen-bond acceptors (Lipinski definition) is 3. The molecule has 1 aliphatic heterocycles. The highest BCUT2D eigenvalue weighted by molar-refractivity contribution is 9.10. The summed E-state index contributed by atoms with van der Waals surface area (Å²) < 4.78 is 0.749. The molecule has 2 N–H and O–H groups in total. The molecule has 1 aromatic heterocycles. The number of carbonyl (C=O) groups is 1. The monoisotopic (exact) mass is 258 g/mol. The molecule has 0 saturated heterocycles. The fourth-order valence-electron chi connectivity index (χ4n) is 1.01. The van der Waals surface area contributed by atoms with E-state index >= 15 is 0 Å². The van der Waals surface area contributed by atoms with Crippen LogP contribution >= 0.6 is 27.7 Å². The van der Waals surface area contributed by atoms with Crippen molar-refractivity contribution in [2.24, 2.45) is 5.73 Å². The van der Waals surface area contributed by atoms with Gasteiger partial charge in [-0.05, 0) is 28.1 Å². The zero-order valence-corrected chi connectivity index (χ0v) is 8.80. The molecule has 0 aliphatic carbocycles. The van der Waals surface area contributed by atoms with Crippen molar-refractivity contribution in [1.29, 1.82) is 0 Å². The van der Waals surface area contributed by atoms with Gasteiger partial charge in [0.25, 0.3) is 0 Å². The molecule has 2 heterocycles. The minimum atomic E-state index is -0.490. The molecule has 13 heavy (non-hydrogen) atoms. The van der Waals surface area contributed by atoms with Gasteiger partial charge in [-0.1, -0.05) is 11.8 Å². The lowest BCUT2D eigenvalue weighted by molar-refractivity contribution is 0.255. The Labute approximate surface area is 87.6 Å². The van der Waals surface area contributed by atoms with Crippen LogP contribution in [0.25, 0.3) is 0 Å². The van der Waals surface area contributed by atoms with Crippen molar-refractivity contribution >= 4 is 39.4 Å². The number of hydrogen-bond donors (Lipinski definition) is 1. The second kappa shape index (κ2) is 3.19. The van der Waals surface area contributed by atoms with Crippen LogP contribution < -0.4 is 10.6 Å². The Balaban J connectivity index is 2.44. The zero-order valence-electron chi connectivity index (χ0n) is 6.40. The van der Waals surface area contributed by atoms with E-state index in [4.69, 9.17) is 5.73 Å². The minimum absolute atomic E-state index is 0.490. The number of thioether (sulfide) groups is 1. The molecular formula is C7H5BrN3OS. The number of rotatable bonds is 0. The summed E-state index contributed by atoms with van der Waals surface area (Å²) in [6.45, 7) is 0. The van der Waals surface area contributed by atoms with Crippen LogP contribution in [0.5, 0.6) is 0 Å². The lowest BCUT2D eigenvalue weighted by Gasteiger charge is -2.10. The number of nitrogens with zero attached hydrogens (tertiary/aromatic N) is 2. The van der Waals surface area contributed by atoms with E-state index in [1.807, 2.05) is 0 Å². The van der Waals surface area contributed by atoms with Crippen molar-refractivity contribution in [2.45, 2.75) is 5.03 Å². The maximum Gasteiger partial charge on any atom is 0.320 e. The Bertz CT molecular complexity index is 371. The number of halogens is 1. The Morgan fingerprint density at radius 1 is 1.62 bits per heavy atom. The van der Waals surface area contributed by atoms with Crippen LogP contribution in [0.15, 0.2) is 21.8 Å². The molecule has 6 heteroatoms. The van der Waals surface area contributed by atoms with Crippen molar-refractivity contribution in [2.75, 3.05) is 4.90 Å². The number of anilines is 1. The molecule has 4 nitrogen and oxygen atoms in total. The molecular weight excluding hydrogens is 254 g/mol. The molecule has 2 amide bonds. The fourth-order valence-corrected chi connectivity index (χ4v) is 2.30. The molecule has 0 spiro atoms. The summed E-state index contributed by atoms with van der Waals surface area (Å²) in [6, 6.07) is 3.08. The van der Waals surface area contributed by atoms with E-state index < -0.39 is 6.03 Å². The Morgan fingerprint density at radius 2 is 2.38 bits per heavy atom. The molecule has 0 fully saturated rings. The number of aromatic nitrogens is 1. The van der Waals surface area contributed by atoms with Gasteiger partial charge < -0.3 is 5.73 Å². The molecule has 1 aromatic rings. The van der Waals surface area contributed by atoms with Gasteiger partial charge in [0.15, 0.2) is 0 Å². The van der Waals surface area contributed by atoms with Crippen LogP contribution in [-0.2, 0) is 0 Å². The van der Waals surface area contributed by atoms with Crippen LogP contribution in [0.4, 0.5) is 10.5 Å². The first kappa shape index (κ1) is 8.83. The van der Waals surface area contributed by atoms with Crippen LogP contribution in [0, 0.1) is 5.88 Å². The number of nitrogens with two attached hydrogens (primary N) is 1. The van der Waals surface area contributed by atoms with E-state index in [0.717, 1.165) is 15.3 Å². The maximum absolute atomic E-state index is 10.9. The van der Waals surface area contributed by atoms with E-state index in [-0.39, 0.29) is 0 Å². The van der Waals surface area contributed by atoms with Gasteiger partial charge in [0.1, 0.15) is 15.5 Å². The fraction of sp³-hybridized carbons (Fsp3) is 0. The summed E-state index contributed by atoms with van der Waals surface area (Å²) in [5.74, 6) is 1.65. The largest absolute Gasteiger partial charge is 0.351 e. The predicted molar refractivity (Wildman–Crippen MR) is 54.2 cm³/mol. The van der Waals surface area contributed by atoms with E-state index in [1.165, 1.54) is 16.7 Å². The van der Waals surface area contributed by atoms with Crippen LogP contribution in [0.2, 0.25) is 0 Å². The van der Waals surface area contributed by atoms with Crippen LogP contribution in [0.1, 0.15) is 0 Å². The number of pyridine rings is 1. The van der Waals surface area contributed by atoms with Crippen molar-refractivity contribution in [3.8, 4) is 0 Å². The second-order valence-electron chi connectivity index (χ2n) is 2.39. The van der Waals surface area contributed by atoms with Crippen LogP contribution in [0.3, 0.4) is 0 Å². The van der Waals surface area contributed by atoms with E-state index in [2.05, 4.69) is 20.9 Å². The first-order valence-electron chi connectivity index (χ1n) is 3.43. The molecule has 0 aromatic carbocycles. The predicted octanol–water partition coefficient (Wildman–Crippen LogP) is 1.95. The third kappa shape index (κ3) is 1.51. The van der Waals surface area contributed by atoms with Gasteiger partial charge in [-0.25, -0.2) is 9.78 Å². The topological polar surface area (TPSA) is 59.2 Å². The Kier molecular flexibility index (Phi) is 2.17. The highest BCUT2D eigenvalue weighted by atomic mass is 79.9. The highest BCUT2D eigenvalue weighted by Gasteiger charge is 2.25. The standard InChI is InChI=1S/C7H5BrN3OS/c8-5-2-1-4-6(10-5)13-3-11(4)7(9)12/h1-3H,(H2,9,12). The summed E-state index contributed by atoms with van der Waals surface area (Å²) in [6.07, 6.45) is 0.